The van der Waals surface area contributed by atoms with Crippen molar-refractivity contribution in [3.05, 3.63) is 67.7 Å². The van der Waals surface area contributed by atoms with Gasteiger partial charge in [0.2, 0.25) is 0 Å². The number of benzene rings is 1. The number of nitrogens with zero attached hydrogens (tertiary/aromatic N) is 1. The number of ether oxygens (including phenoxy) is 1. The number of hydrogen-bond donors (Lipinski definition) is 4. The molecule has 0 bridgehead atoms. The van der Waals surface area contributed by atoms with Crippen molar-refractivity contribution in [3.63, 3.8) is 0 Å². The SMILES string of the molecule is O=C(N[C@@H]1CO[C@H](Cn2cc(Cl)c(=O)[nH]c2=O)[C@@H](O)[C@H]1O)c1ccc(F)cc1. The Labute approximate surface area is 162 Å². The van der Waals surface area contributed by atoms with Crippen molar-refractivity contribution in [3.8, 4) is 0 Å². The van der Waals surface area contributed by atoms with Crippen LogP contribution in [-0.4, -0.2) is 56.6 Å². The van der Waals surface area contributed by atoms with Crippen LogP contribution < -0.4 is 16.6 Å². The number of aromatic nitrogens is 2. The van der Waals surface area contributed by atoms with E-state index in [0.717, 1.165) is 22.9 Å². The molecule has 1 aliphatic heterocycles. The number of hydrogen-bond acceptors (Lipinski definition) is 6. The molecule has 1 aliphatic rings. The molecular formula is C17H17ClFN3O6. The van der Waals surface area contributed by atoms with E-state index in [1.165, 1.54) is 12.1 Å². The number of halogens is 2. The highest BCUT2D eigenvalue weighted by atomic mass is 35.5. The fraction of sp³-hybridized carbons (Fsp3) is 0.353. The van der Waals surface area contributed by atoms with E-state index >= 15 is 0 Å². The summed E-state index contributed by atoms with van der Waals surface area (Å²) in [4.78, 5) is 37.3. The molecule has 0 saturated carbocycles. The molecule has 4 atom stereocenters. The maximum absolute atomic E-state index is 12.9. The molecule has 0 radical (unpaired) electrons. The second-order valence-electron chi connectivity index (χ2n) is 6.33. The number of H-pyrrole nitrogens is 1. The largest absolute Gasteiger partial charge is 0.388 e. The molecule has 0 spiro atoms. The molecular weight excluding hydrogens is 397 g/mol. The highest BCUT2D eigenvalue weighted by Crippen LogP contribution is 2.18. The van der Waals surface area contributed by atoms with Crippen LogP contribution in [0, 0.1) is 5.82 Å². The number of carbonyl (C=O) groups excluding carboxylic acids is 1. The first kappa shape index (κ1) is 20.2. The summed E-state index contributed by atoms with van der Waals surface area (Å²) in [5.41, 5.74) is -1.30. The van der Waals surface area contributed by atoms with Gasteiger partial charge in [-0.2, -0.15) is 0 Å². The van der Waals surface area contributed by atoms with Crippen molar-refractivity contribution in [1.82, 2.24) is 14.9 Å². The first-order valence-electron chi connectivity index (χ1n) is 8.29. The van der Waals surface area contributed by atoms with Crippen LogP contribution in [0.4, 0.5) is 4.39 Å². The van der Waals surface area contributed by atoms with E-state index < -0.39 is 47.3 Å². The maximum atomic E-state index is 12.9. The summed E-state index contributed by atoms with van der Waals surface area (Å²) in [6, 6.07) is 3.90. The van der Waals surface area contributed by atoms with Gasteiger partial charge in [0.05, 0.1) is 19.2 Å². The van der Waals surface area contributed by atoms with Gasteiger partial charge in [-0.05, 0) is 24.3 Å². The molecule has 9 nitrogen and oxygen atoms in total. The van der Waals surface area contributed by atoms with Crippen molar-refractivity contribution in [2.24, 2.45) is 0 Å². The van der Waals surface area contributed by atoms with Gasteiger partial charge in [-0.15, -0.1) is 0 Å². The van der Waals surface area contributed by atoms with Gasteiger partial charge in [0.1, 0.15) is 29.2 Å². The third kappa shape index (κ3) is 4.30. The maximum Gasteiger partial charge on any atom is 0.328 e. The highest BCUT2D eigenvalue weighted by molar-refractivity contribution is 6.30. The van der Waals surface area contributed by atoms with Crippen LogP contribution in [0.15, 0.2) is 40.1 Å². The van der Waals surface area contributed by atoms with Gasteiger partial charge < -0.3 is 20.3 Å². The van der Waals surface area contributed by atoms with Gasteiger partial charge in [-0.3, -0.25) is 19.1 Å². The smallest absolute Gasteiger partial charge is 0.328 e. The van der Waals surface area contributed by atoms with Gasteiger partial charge >= 0.3 is 5.69 Å². The van der Waals surface area contributed by atoms with Gasteiger partial charge in [0, 0.05) is 11.8 Å². The molecule has 2 heterocycles. The Morgan fingerprint density at radius 1 is 1.29 bits per heavy atom. The van der Waals surface area contributed by atoms with E-state index in [1.54, 1.807) is 0 Å². The molecule has 0 aliphatic carbocycles. The number of carbonyl (C=O) groups is 1. The predicted octanol–water partition coefficient (Wildman–Crippen LogP) is -0.752. The molecule has 150 valence electrons. The average Bonchev–Trinajstić information content (AvgIpc) is 2.66. The minimum atomic E-state index is -1.43. The number of aliphatic hydroxyl groups excluding tert-OH is 2. The molecule has 0 unspecified atom stereocenters. The minimum Gasteiger partial charge on any atom is -0.388 e. The summed E-state index contributed by atoms with van der Waals surface area (Å²) < 4.78 is 19.5. The fourth-order valence-corrected chi connectivity index (χ4v) is 3.00. The summed E-state index contributed by atoms with van der Waals surface area (Å²) in [5, 5.41) is 22.9. The Kier molecular flexibility index (Phi) is 5.94. The van der Waals surface area contributed by atoms with Crippen molar-refractivity contribution < 1.29 is 24.1 Å². The zero-order valence-corrected chi connectivity index (χ0v) is 15.1. The lowest BCUT2D eigenvalue weighted by Crippen LogP contribution is -2.60. The summed E-state index contributed by atoms with van der Waals surface area (Å²) in [7, 11) is 0. The number of rotatable bonds is 4. The van der Waals surface area contributed by atoms with E-state index in [9.17, 15) is 29.0 Å². The quantitative estimate of drug-likeness (QED) is 0.521. The first-order valence-corrected chi connectivity index (χ1v) is 8.67. The van der Waals surface area contributed by atoms with Crippen molar-refractivity contribution in [1.29, 1.82) is 0 Å². The van der Waals surface area contributed by atoms with Crippen LogP contribution in [0.25, 0.3) is 0 Å². The number of amides is 1. The van der Waals surface area contributed by atoms with Crippen molar-refractivity contribution in [2.75, 3.05) is 6.61 Å². The third-order valence-electron chi connectivity index (χ3n) is 4.40. The molecule has 1 aromatic heterocycles. The lowest BCUT2D eigenvalue weighted by Gasteiger charge is -2.38. The molecule has 3 rings (SSSR count). The van der Waals surface area contributed by atoms with E-state index in [1.807, 2.05) is 4.98 Å². The molecule has 1 saturated heterocycles. The topological polar surface area (TPSA) is 134 Å². The monoisotopic (exact) mass is 413 g/mol. The standard InChI is InChI=1S/C17H17ClFN3O6/c18-10-5-22(17(27)21-16(10)26)6-12-14(24)13(23)11(7-28-12)20-15(25)8-1-3-9(19)4-2-8/h1-5,11-14,23-24H,6-7H2,(H,20,25)(H,21,26,27)/t11-,12-,13+,14-/m1/s1. The Morgan fingerprint density at radius 3 is 2.64 bits per heavy atom. The Balaban J connectivity index is 1.66. The van der Waals surface area contributed by atoms with E-state index in [2.05, 4.69) is 5.32 Å². The second kappa shape index (κ2) is 8.23. The lowest BCUT2D eigenvalue weighted by molar-refractivity contribution is -0.152. The van der Waals surface area contributed by atoms with Crippen LogP contribution in [0.1, 0.15) is 10.4 Å². The first-order chi connectivity index (χ1) is 13.3. The fourth-order valence-electron chi connectivity index (χ4n) is 2.84. The molecule has 1 fully saturated rings. The molecule has 2 aromatic rings. The van der Waals surface area contributed by atoms with Crippen molar-refractivity contribution >= 4 is 17.5 Å². The molecule has 1 amide bonds. The second-order valence-corrected chi connectivity index (χ2v) is 6.74. The van der Waals surface area contributed by atoms with E-state index in [4.69, 9.17) is 16.3 Å². The lowest BCUT2D eigenvalue weighted by atomic mass is 9.97. The zero-order chi connectivity index (χ0) is 20.4. The van der Waals surface area contributed by atoms with E-state index in [0.29, 0.717) is 0 Å². The van der Waals surface area contributed by atoms with Gasteiger partial charge in [0.15, 0.2) is 0 Å². The van der Waals surface area contributed by atoms with E-state index in [-0.39, 0.29) is 23.7 Å². The molecule has 4 N–H and O–H groups in total. The van der Waals surface area contributed by atoms with Crippen LogP contribution in [0.2, 0.25) is 5.02 Å². The molecule has 1 aromatic carbocycles. The average molecular weight is 414 g/mol. The Hall–Kier alpha value is -2.53. The summed E-state index contributed by atoms with van der Waals surface area (Å²) in [6.07, 6.45) is -2.68. The van der Waals surface area contributed by atoms with Crippen LogP contribution in [0.5, 0.6) is 0 Å². The number of nitrogens with one attached hydrogen (secondary N) is 2. The number of aromatic amines is 1. The van der Waals surface area contributed by atoms with Crippen LogP contribution >= 0.6 is 11.6 Å². The summed E-state index contributed by atoms with van der Waals surface area (Å²) >= 11 is 5.69. The minimum absolute atomic E-state index is 0.137. The summed E-state index contributed by atoms with van der Waals surface area (Å²) in [5.74, 6) is -1.06. The van der Waals surface area contributed by atoms with Crippen LogP contribution in [-0.2, 0) is 11.3 Å². The Bertz CT molecular complexity index is 976. The van der Waals surface area contributed by atoms with Gasteiger partial charge in [-0.25, -0.2) is 9.18 Å². The Morgan fingerprint density at radius 2 is 1.96 bits per heavy atom. The third-order valence-corrected chi connectivity index (χ3v) is 4.67. The molecule has 11 heteroatoms. The summed E-state index contributed by atoms with van der Waals surface area (Å²) in [6.45, 7) is -0.312. The van der Waals surface area contributed by atoms with Gasteiger partial charge in [0.25, 0.3) is 11.5 Å². The predicted molar refractivity (Wildman–Crippen MR) is 95.7 cm³/mol. The normalized spacial score (nSPS) is 24.7. The molecule has 28 heavy (non-hydrogen) atoms. The van der Waals surface area contributed by atoms with Crippen LogP contribution in [0.3, 0.4) is 0 Å². The zero-order valence-electron chi connectivity index (χ0n) is 14.3. The van der Waals surface area contributed by atoms with Gasteiger partial charge in [-0.1, -0.05) is 11.6 Å². The number of aliphatic hydroxyl groups is 2. The van der Waals surface area contributed by atoms with Crippen molar-refractivity contribution in [2.45, 2.75) is 30.9 Å². The highest BCUT2D eigenvalue weighted by Gasteiger charge is 2.39.